The Labute approximate surface area is 83.0 Å². The molecule has 0 amide bonds. The van der Waals surface area contributed by atoms with E-state index < -0.39 is 0 Å². The zero-order chi connectivity index (χ0) is 8.43. The summed E-state index contributed by atoms with van der Waals surface area (Å²) in [6.07, 6.45) is 1.67. The van der Waals surface area contributed by atoms with Gasteiger partial charge >= 0.3 is 0 Å². The average Bonchev–Trinajstić information content (AvgIpc) is 2.01. The van der Waals surface area contributed by atoms with Crippen molar-refractivity contribution in [1.82, 2.24) is 4.98 Å². The molecule has 0 aliphatic heterocycles. The van der Waals surface area contributed by atoms with Crippen LogP contribution < -0.4 is 0 Å². The molecule has 12 heavy (non-hydrogen) atoms. The third kappa shape index (κ3) is 2.09. The van der Waals surface area contributed by atoms with E-state index in [-0.39, 0.29) is 19.0 Å². The minimum absolute atomic E-state index is 0. The summed E-state index contributed by atoms with van der Waals surface area (Å²) in [7, 11) is 0. The van der Waals surface area contributed by atoms with E-state index in [0.717, 1.165) is 11.1 Å². The molecule has 1 aromatic rings. The van der Waals surface area contributed by atoms with Crippen LogP contribution in [0.25, 0.3) is 0 Å². The van der Waals surface area contributed by atoms with Gasteiger partial charge in [0.15, 0.2) is 0 Å². The van der Waals surface area contributed by atoms with Gasteiger partial charge < -0.3 is 5.11 Å². The lowest BCUT2D eigenvalue weighted by atomic mass is 10.2. The molecule has 2 nitrogen and oxygen atoms in total. The lowest BCUT2D eigenvalue weighted by Gasteiger charge is -2.05. The van der Waals surface area contributed by atoms with Gasteiger partial charge in [-0.05, 0) is 25.0 Å². The molecule has 0 spiro atoms. The second kappa shape index (κ2) is 4.65. The number of hydrogen-bond donors (Lipinski definition) is 1. The van der Waals surface area contributed by atoms with Crippen molar-refractivity contribution in [3.05, 3.63) is 28.0 Å². The van der Waals surface area contributed by atoms with Crippen LogP contribution in [0.3, 0.4) is 0 Å². The van der Waals surface area contributed by atoms with Crippen LogP contribution in [0.15, 0.2) is 6.20 Å². The first-order chi connectivity index (χ1) is 5.16. The van der Waals surface area contributed by atoms with Gasteiger partial charge in [-0.2, -0.15) is 0 Å². The molecular formula is C8H11Cl2NO. The highest BCUT2D eigenvalue weighted by Gasteiger charge is 2.04. The van der Waals surface area contributed by atoms with Gasteiger partial charge in [0.1, 0.15) is 0 Å². The minimum atomic E-state index is -0.0498. The molecule has 0 fully saturated rings. The highest BCUT2D eigenvalue weighted by atomic mass is 35.5. The van der Waals surface area contributed by atoms with Crippen LogP contribution >= 0.6 is 24.0 Å². The Morgan fingerprint density at radius 3 is 2.58 bits per heavy atom. The van der Waals surface area contributed by atoms with Gasteiger partial charge in [0, 0.05) is 11.2 Å². The number of hydrogen-bond acceptors (Lipinski definition) is 2. The fourth-order valence-corrected chi connectivity index (χ4v) is 1.07. The smallest absolute Gasteiger partial charge is 0.0856 e. The van der Waals surface area contributed by atoms with Crippen LogP contribution in [0.5, 0.6) is 0 Å². The van der Waals surface area contributed by atoms with Gasteiger partial charge in [-0.15, -0.1) is 12.4 Å². The lowest BCUT2D eigenvalue weighted by molar-refractivity contribution is 0.276. The monoisotopic (exact) mass is 207 g/mol. The molecule has 0 saturated heterocycles. The number of rotatable bonds is 1. The second-order valence-corrected chi connectivity index (χ2v) is 2.86. The number of pyridine rings is 1. The molecule has 1 heterocycles. The fourth-order valence-electron chi connectivity index (χ4n) is 0.910. The van der Waals surface area contributed by atoms with Crippen LogP contribution in [0.2, 0.25) is 5.02 Å². The van der Waals surface area contributed by atoms with Crippen LogP contribution in [0.1, 0.15) is 16.8 Å². The zero-order valence-corrected chi connectivity index (χ0v) is 8.54. The van der Waals surface area contributed by atoms with Crippen molar-refractivity contribution in [2.24, 2.45) is 0 Å². The molecule has 0 bridgehead atoms. The SMILES string of the molecule is Cc1cnc(CO)c(C)c1Cl.Cl. The summed E-state index contributed by atoms with van der Waals surface area (Å²) in [5, 5.41) is 9.51. The largest absolute Gasteiger partial charge is 0.390 e. The molecule has 68 valence electrons. The Balaban J connectivity index is 0.00000121. The molecule has 0 radical (unpaired) electrons. The normalized spacial score (nSPS) is 9.33. The van der Waals surface area contributed by atoms with Crippen molar-refractivity contribution in [2.45, 2.75) is 20.5 Å². The molecule has 0 saturated carbocycles. The van der Waals surface area contributed by atoms with E-state index in [9.17, 15) is 0 Å². The van der Waals surface area contributed by atoms with Crippen molar-refractivity contribution in [3.63, 3.8) is 0 Å². The molecular weight excluding hydrogens is 197 g/mol. The highest BCUT2D eigenvalue weighted by Crippen LogP contribution is 2.20. The highest BCUT2D eigenvalue weighted by molar-refractivity contribution is 6.32. The maximum absolute atomic E-state index is 8.81. The summed E-state index contributed by atoms with van der Waals surface area (Å²) in [6.45, 7) is 3.70. The fraction of sp³-hybridized carbons (Fsp3) is 0.375. The summed E-state index contributed by atoms with van der Waals surface area (Å²) in [5.74, 6) is 0. The molecule has 0 atom stereocenters. The van der Waals surface area contributed by atoms with Gasteiger partial charge in [0.2, 0.25) is 0 Å². The number of halogens is 2. The van der Waals surface area contributed by atoms with Gasteiger partial charge in [0.05, 0.1) is 12.3 Å². The predicted octanol–water partition coefficient (Wildman–Crippen LogP) is 2.27. The first-order valence-corrected chi connectivity index (χ1v) is 3.76. The first kappa shape index (κ1) is 11.7. The summed E-state index contributed by atoms with van der Waals surface area (Å²) in [5.41, 5.74) is 2.47. The number of nitrogens with zero attached hydrogens (tertiary/aromatic N) is 1. The summed E-state index contributed by atoms with van der Waals surface area (Å²) < 4.78 is 0. The number of aliphatic hydroxyl groups excluding tert-OH is 1. The Morgan fingerprint density at radius 1 is 1.50 bits per heavy atom. The first-order valence-electron chi connectivity index (χ1n) is 3.38. The Hall–Kier alpha value is -0.310. The summed E-state index contributed by atoms with van der Waals surface area (Å²) in [6, 6.07) is 0. The van der Waals surface area contributed by atoms with E-state index in [1.165, 1.54) is 0 Å². The van der Waals surface area contributed by atoms with Gasteiger partial charge in [-0.25, -0.2) is 0 Å². The minimum Gasteiger partial charge on any atom is -0.390 e. The van der Waals surface area contributed by atoms with E-state index in [0.29, 0.717) is 10.7 Å². The molecule has 1 aromatic heterocycles. The van der Waals surface area contributed by atoms with E-state index in [1.54, 1.807) is 6.20 Å². The van der Waals surface area contributed by atoms with Gasteiger partial charge in [0.25, 0.3) is 0 Å². The van der Waals surface area contributed by atoms with Crippen molar-refractivity contribution >= 4 is 24.0 Å². The lowest BCUT2D eigenvalue weighted by Crippen LogP contribution is -1.95. The van der Waals surface area contributed by atoms with Crippen LogP contribution in [0, 0.1) is 13.8 Å². The molecule has 0 unspecified atom stereocenters. The molecule has 0 aliphatic rings. The van der Waals surface area contributed by atoms with Gasteiger partial charge in [-0.1, -0.05) is 11.6 Å². The maximum Gasteiger partial charge on any atom is 0.0856 e. The molecule has 0 aromatic carbocycles. The number of aromatic nitrogens is 1. The summed E-state index contributed by atoms with van der Waals surface area (Å²) >= 11 is 5.91. The number of aliphatic hydroxyl groups is 1. The second-order valence-electron chi connectivity index (χ2n) is 2.49. The Bertz CT molecular complexity index is 276. The maximum atomic E-state index is 8.81. The molecule has 4 heteroatoms. The topological polar surface area (TPSA) is 33.1 Å². The Morgan fingerprint density at radius 2 is 2.08 bits per heavy atom. The van der Waals surface area contributed by atoms with Gasteiger partial charge in [-0.3, -0.25) is 4.98 Å². The summed E-state index contributed by atoms with van der Waals surface area (Å²) in [4.78, 5) is 4.02. The van der Waals surface area contributed by atoms with Crippen LogP contribution in [0.4, 0.5) is 0 Å². The standard InChI is InChI=1S/C8H10ClNO.ClH/c1-5-3-10-7(4-11)6(2)8(5)9;/h3,11H,4H2,1-2H3;1H. The molecule has 0 aliphatic carbocycles. The Kier molecular flexibility index (Phi) is 4.53. The van der Waals surface area contributed by atoms with E-state index in [4.69, 9.17) is 16.7 Å². The van der Waals surface area contributed by atoms with E-state index in [2.05, 4.69) is 4.98 Å². The number of aryl methyl sites for hydroxylation is 1. The quantitative estimate of drug-likeness (QED) is 0.767. The molecule has 1 N–H and O–H groups in total. The third-order valence-electron chi connectivity index (χ3n) is 1.67. The van der Waals surface area contributed by atoms with Crippen LogP contribution in [-0.4, -0.2) is 10.1 Å². The van der Waals surface area contributed by atoms with E-state index in [1.807, 2.05) is 13.8 Å². The predicted molar refractivity (Wildman–Crippen MR) is 51.9 cm³/mol. The van der Waals surface area contributed by atoms with E-state index >= 15 is 0 Å². The average molecular weight is 208 g/mol. The van der Waals surface area contributed by atoms with Crippen molar-refractivity contribution in [2.75, 3.05) is 0 Å². The van der Waals surface area contributed by atoms with Crippen molar-refractivity contribution in [1.29, 1.82) is 0 Å². The third-order valence-corrected chi connectivity index (χ3v) is 2.25. The molecule has 1 rings (SSSR count). The van der Waals surface area contributed by atoms with Crippen LogP contribution in [-0.2, 0) is 6.61 Å². The zero-order valence-electron chi connectivity index (χ0n) is 6.97. The van der Waals surface area contributed by atoms with Crippen molar-refractivity contribution < 1.29 is 5.11 Å². The van der Waals surface area contributed by atoms with Crippen molar-refractivity contribution in [3.8, 4) is 0 Å².